The molecule has 26 heteroatoms. The summed E-state index contributed by atoms with van der Waals surface area (Å²) >= 11 is 0. The number of ether oxygens (including phenoxy) is 5. The molecule has 1 saturated heterocycles. The van der Waals surface area contributed by atoms with Gasteiger partial charge in [-0.2, -0.15) is 0 Å². The van der Waals surface area contributed by atoms with E-state index >= 15 is 0 Å². The fourth-order valence-corrected chi connectivity index (χ4v) is 6.34. The molecule has 0 radical (unpaired) electrons. The Morgan fingerprint density at radius 1 is 0.403 bits per heavy atom. The van der Waals surface area contributed by atoms with E-state index in [-0.39, 0.29) is 0 Å². The smallest absolute Gasteiger partial charge is 0.339 e. The van der Waals surface area contributed by atoms with E-state index in [1.807, 2.05) is 0 Å². The molecule has 0 aromatic heterocycles. The van der Waals surface area contributed by atoms with Gasteiger partial charge in [-0.05, 0) is 60.7 Å². The van der Waals surface area contributed by atoms with Crippen LogP contribution in [0.5, 0.6) is 86.2 Å². The number of hydrogen-bond donors (Lipinski definition) is 16. The second-order valence-electron chi connectivity index (χ2n) is 14.2. The molecule has 0 bridgehead atoms. The third-order valence-corrected chi connectivity index (χ3v) is 9.68. The Morgan fingerprint density at radius 2 is 0.672 bits per heavy atom. The lowest BCUT2D eigenvalue weighted by atomic mass is 9.86. The molecule has 1 fully saturated rings. The van der Waals surface area contributed by atoms with Crippen LogP contribution in [0.3, 0.4) is 0 Å². The first-order valence-electron chi connectivity index (χ1n) is 18.3. The summed E-state index contributed by atoms with van der Waals surface area (Å²) in [6, 6.07) is 4.86. The Hall–Kier alpha value is -9.43. The van der Waals surface area contributed by atoms with Gasteiger partial charge in [0.25, 0.3) is 5.79 Å². The van der Waals surface area contributed by atoms with Gasteiger partial charge < -0.3 is 105 Å². The highest BCUT2D eigenvalue weighted by Crippen LogP contribution is 2.44. The van der Waals surface area contributed by atoms with E-state index in [2.05, 4.69) is 0 Å². The molecular weight excluding hydrogens is 908 g/mol. The Bertz CT molecular complexity index is 2760. The SMILES string of the molecule is O=C(OC[C@H]1O[C@](O)(C(=O)c2cc(O)c(O)c(O)c2)[C@H](OC(=O)c2cc(O)c(O)c(O)c2)[C@@H](OC(=O)c2cc(O)c(O)c(O)c2)[C@@H]1OC(=O)c1cc(O)c(O)c(O)c1)c1cc(O)c(O)c(O)c1. The van der Waals surface area contributed by atoms with Gasteiger partial charge in [0, 0.05) is 5.56 Å². The second-order valence-corrected chi connectivity index (χ2v) is 14.2. The number of esters is 4. The number of aromatic hydroxyl groups is 15. The van der Waals surface area contributed by atoms with Gasteiger partial charge in [-0.1, -0.05) is 0 Å². The van der Waals surface area contributed by atoms with E-state index in [1.54, 1.807) is 0 Å². The first kappa shape index (κ1) is 47.1. The molecular formula is C41H32O26. The number of phenols is 15. The molecule has 1 heterocycles. The number of benzene rings is 5. The maximum absolute atomic E-state index is 14.5. The van der Waals surface area contributed by atoms with Crippen LogP contribution in [-0.4, -0.2) is 148 Å². The lowest BCUT2D eigenvalue weighted by molar-refractivity contribution is -0.319. The highest BCUT2D eigenvalue weighted by molar-refractivity contribution is 6.03. The predicted octanol–water partition coefficient (Wildman–Crippen LogP) is 1.07. The van der Waals surface area contributed by atoms with Crippen LogP contribution in [0.4, 0.5) is 0 Å². The van der Waals surface area contributed by atoms with Gasteiger partial charge in [0.2, 0.25) is 11.9 Å². The third kappa shape index (κ3) is 9.03. The van der Waals surface area contributed by atoms with E-state index < -0.39 is 181 Å². The van der Waals surface area contributed by atoms with Crippen molar-refractivity contribution in [1.29, 1.82) is 0 Å². The fourth-order valence-electron chi connectivity index (χ4n) is 6.34. The predicted molar refractivity (Wildman–Crippen MR) is 209 cm³/mol. The van der Waals surface area contributed by atoms with Crippen molar-refractivity contribution in [1.82, 2.24) is 0 Å². The molecule has 16 N–H and O–H groups in total. The van der Waals surface area contributed by atoms with Gasteiger partial charge in [0.05, 0.1) is 22.3 Å². The summed E-state index contributed by atoms with van der Waals surface area (Å²) in [4.78, 5) is 69.5. The summed E-state index contributed by atoms with van der Waals surface area (Å²) in [6.07, 6.45) is -10.9. The van der Waals surface area contributed by atoms with E-state index in [1.165, 1.54) is 0 Å². The molecule has 0 amide bonds. The molecule has 0 unspecified atom stereocenters. The van der Waals surface area contributed by atoms with Gasteiger partial charge >= 0.3 is 23.9 Å². The van der Waals surface area contributed by atoms with Gasteiger partial charge in [0.15, 0.2) is 98.5 Å². The number of ketones is 1. The lowest BCUT2D eigenvalue weighted by Gasteiger charge is -2.47. The number of carbonyl (C=O) groups excluding carboxylic acids is 5. The van der Waals surface area contributed by atoms with Crippen molar-refractivity contribution in [2.45, 2.75) is 30.2 Å². The molecule has 6 rings (SSSR count). The zero-order chi connectivity index (χ0) is 49.6. The van der Waals surface area contributed by atoms with Gasteiger partial charge in [0.1, 0.15) is 12.7 Å². The van der Waals surface area contributed by atoms with Crippen LogP contribution in [0, 0.1) is 0 Å². The molecule has 1 aliphatic heterocycles. The zero-order valence-corrected chi connectivity index (χ0v) is 33.0. The number of hydrogen-bond acceptors (Lipinski definition) is 26. The van der Waals surface area contributed by atoms with Gasteiger partial charge in [-0.15, -0.1) is 0 Å². The summed E-state index contributed by atoms with van der Waals surface area (Å²) in [7, 11) is 0. The van der Waals surface area contributed by atoms with E-state index in [4.69, 9.17) is 23.7 Å². The Labute approximate surface area is 370 Å². The average Bonchev–Trinajstić information content (AvgIpc) is 3.27. The molecule has 0 spiro atoms. The maximum Gasteiger partial charge on any atom is 0.339 e. The number of rotatable bonds is 11. The molecule has 5 atom stereocenters. The largest absolute Gasteiger partial charge is 0.504 e. The van der Waals surface area contributed by atoms with Crippen LogP contribution in [0.2, 0.25) is 0 Å². The summed E-state index contributed by atoms with van der Waals surface area (Å²) in [5.74, 6) is -30.1. The van der Waals surface area contributed by atoms with Crippen molar-refractivity contribution in [2.75, 3.05) is 6.61 Å². The van der Waals surface area contributed by atoms with Crippen molar-refractivity contribution < 1.29 is 129 Å². The van der Waals surface area contributed by atoms with Crippen molar-refractivity contribution >= 4 is 29.7 Å². The molecule has 5 aromatic carbocycles. The minimum atomic E-state index is -3.99. The minimum Gasteiger partial charge on any atom is -0.504 e. The summed E-state index contributed by atoms with van der Waals surface area (Å²) in [6.45, 7) is -1.43. The summed E-state index contributed by atoms with van der Waals surface area (Å²) in [5.41, 5.74) is -4.45. The van der Waals surface area contributed by atoms with E-state index in [0.29, 0.717) is 60.7 Å². The van der Waals surface area contributed by atoms with Crippen molar-refractivity contribution in [3.8, 4) is 86.2 Å². The van der Waals surface area contributed by atoms with Crippen LogP contribution in [-0.2, 0) is 23.7 Å². The maximum atomic E-state index is 14.5. The molecule has 26 nitrogen and oxygen atoms in total. The van der Waals surface area contributed by atoms with E-state index in [9.17, 15) is 106 Å². The Balaban J connectivity index is 1.58. The zero-order valence-electron chi connectivity index (χ0n) is 33.0. The number of aliphatic hydroxyl groups is 1. The Morgan fingerprint density at radius 3 is 1.00 bits per heavy atom. The molecule has 0 aliphatic carbocycles. The average molecular weight is 941 g/mol. The van der Waals surface area contributed by atoms with E-state index in [0.717, 1.165) is 0 Å². The topological polar surface area (TPSA) is 455 Å². The van der Waals surface area contributed by atoms with Crippen molar-refractivity contribution in [3.63, 3.8) is 0 Å². The molecule has 0 saturated carbocycles. The molecule has 5 aromatic rings. The standard InChI is InChI=1S/C41H32O26/c42-17-1-12(2-18(43)28(17)52)35(57)41(62)36(66-40(61)16-9-25(50)32(56)26(51)10-16)34(65-39(60)15-7-23(48)31(55)24(49)8-15)33(64-38(59)14-5-21(46)30(54)22(47)6-14)27(67-41)11-63-37(58)13-3-19(44)29(53)20(45)4-13/h1-10,27,33-34,36,42-56,62H,11H2/t27-,33-,34+,36-,41-/m1/s1. The van der Waals surface area contributed by atoms with Crippen LogP contribution in [0.15, 0.2) is 60.7 Å². The number of carbonyl (C=O) groups is 5. The highest BCUT2D eigenvalue weighted by atomic mass is 16.7. The fraction of sp³-hybridized carbons (Fsp3) is 0.146. The monoisotopic (exact) mass is 940 g/mol. The van der Waals surface area contributed by atoms with Crippen LogP contribution in [0.1, 0.15) is 51.8 Å². The molecule has 1 aliphatic rings. The first-order chi connectivity index (χ1) is 31.3. The number of phenolic OH excluding ortho intramolecular Hbond substituents is 15. The molecule has 352 valence electrons. The first-order valence-corrected chi connectivity index (χ1v) is 18.3. The van der Waals surface area contributed by atoms with Crippen molar-refractivity contribution in [2.24, 2.45) is 0 Å². The van der Waals surface area contributed by atoms with Crippen LogP contribution < -0.4 is 0 Å². The summed E-state index contributed by atoms with van der Waals surface area (Å²) in [5, 5.41) is 163. The van der Waals surface area contributed by atoms with Gasteiger partial charge in [-0.3, -0.25) is 4.79 Å². The van der Waals surface area contributed by atoms with Gasteiger partial charge in [-0.25, -0.2) is 19.2 Å². The second kappa shape index (κ2) is 17.6. The third-order valence-electron chi connectivity index (χ3n) is 9.68. The highest BCUT2D eigenvalue weighted by Gasteiger charge is 2.64. The molecule has 67 heavy (non-hydrogen) atoms. The Kier molecular flexibility index (Phi) is 12.4. The van der Waals surface area contributed by atoms with Crippen LogP contribution >= 0.6 is 0 Å². The van der Waals surface area contributed by atoms with Crippen molar-refractivity contribution in [3.05, 3.63) is 88.5 Å². The summed E-state index contributed by atoms with van der Waals surface area (Å²) < 4.78 is 27.4. The normalized spacial score (nSPS) is 18.9. The lowest BCUT2D eigenvalue weighted by Crippen LogP contribution is -2.70. The minimum absolute atomic E-state index is 0.408. The van der Waals surface area contributed by atoms with Crippen LogP contribution in [0.25, 0.3) is 0 Å². The quantitative estimate of drug-likeness (QED) is 0.0381. The number of Topliss-reactive ketones (excluding diaryl/α,β-unsaturated/α-hetero) is 1.